The first-order valence-electron chi connectivity index (χ1n) is 17.4. The number of rotatable bonds is 6. The molecule has 0 bridgehead atoms. The number of anilines is 2. The Balaban J connectivity index is 1.06. The number of nitrogens with zero attached hydrogens (tertiary/aromatic N) is 2. The van der Waals surface area contributed by atoms with Crippen LogP contribution in [0.15, 0.2) is 164 Å². The Hall–Kier alpha value is -6.37. The number of para-hydroxylation sites is 1. The molecule has 1 aromatic heterocycles. The van der Waals surface area contributed by atoms with Gasteiger partial charge in [-0.05, 0) is 125 Å². The van der Waals surface area contributed by atoms with E-state index in [0.29, 0.717) is 11.5 Å². The van der Waals surface area contributed by atoms with E-state index in [4.69, 9.17) is 0 Å². The van der Waals surface area contributed by atoms with Gasteiger partial charge >= 0.3 is 0 Å². The molecule has 0 radical (unpaired) electrons. The molecule has 1 aliphatic carbocycles. The summed E-state index contributed by atoms with van der Waals surface area (Å²) in [6, 6.07) is 58.5. The van der Waals surface area contributed by atoms with Crippen LogP contribution in [0.4, 0.5) is 11.4 Å². The maximum Gasteiger partial charge on any atom is 0.0991 e. The summed E-state index contributed by atoms with van der Waals surface area (Å²) in [6.45, 7) is 0. The molecule has 8 aromatic rings. The maximum absolute atomic E-state index is 9.78. The smallest absolute Gasteiger partial charge is 0.0991 e. The van der Waals surface area contributed by atoms with Crippen molar-refractivity contribution in [2.24, 2.45) is 0 Å². The highest BCUT2D eigenvalue weighted by molar-refractivity contribution is 6.10. The van der Waals surface area contributed by atoms with Crippen LogP contribution in [0.25, 0.3) is 55.0 Å². The fraction of sp³-hybridized carbons (Fsp3) is 0.0851. The molecule has 50 heavy (non-hydrogen) atoms. The molecule has 1 atom stereocenters. The standard InChI is InChI=1S/C47H35N3/c48-31-32-15-25-46-43(27-32)44-30-39(22-26-47(44)50(46)41-23-20-33-9-7-8-12-37(33)28-41)35-18-16-34(17-19-35)38-21-24-45(49-40-13-5-2-6-14-40)42(29-38)36-10-3-1-4-11-36/h1-15,18,20-30,34,49H,16-17,19H2. The normalized spacial score (nSPS) is 14.5. The molecule has 0 spiro atoms. The summed E-state index contributed by atoms with van der Waals surface area (Å²) in [6.07, 6.45) is 5.58. The zero-order valence-corrected chi connectivity index (χ0v) is 27.7. The van der Waals surface area contributed by atoms with Crippen molar-refractivity contribution in [1.29, 1.82) is 5.26 Å². The Morgan fingerprint density at radius 1 is 0.620 bits per heavy atom. The number of hydrogen-bond acceptors (Lipinski definition) is 2. The number of aromatic nitrogens is 1. The first kappa shape index (κ1) is 29.7. The molecule has 0 aliphatic heterocycles. The van der Waals surface area contributed by atoms with E-state index >= 15 is 0 Å². The van der Waals surface area contributed by atoms with Crippen LogP contribution in [0.1, 0.15) is 41.9 Å². The zero-order valence-electron chi connectivity index (χ0n) is 27.7. The predicted molar refractivity (Wildman–Crippen MR) is 209 cm³/mol. The van der Waals surface area contributed by atoms with Gasteiger partial charge in [0.1, 0.15) is 0 Å². The van der Waals surface area contributed by atoms with E-state index in [9.17, 15) is 5.26 Å². The van der Waals surface area contributed by atoms with E-state index in [1.807, 2.05) is 18.2 Å². The zero-order chi connectivity index (χ0) is 33.4. The maximum atomic E-state index is 9.78. The topological polar surface area (TPSA) is 40.8 Å². The van der Waals surface area contributed by atoms with Crippen molar-refractivity contribution >= 4 is 49.5 Å². The van der Waals surface area contributed by atoms with Crippen LogP contribution < -0.4 is 5.32 Å². The van der Waals surface area contributed by atoms with Crippen LogP contribution >= 0.6 is 0 Å². The number of allylic oxidation sites excluding steroid dienone is 2. The number of hydrogen-bond donors (Lipinski definition) is 1. The summed E-state index contributed by atoms with van der Waals surface area (Å²) in [5.41, 5.74) is 12.8. The molecule has 3 nitrogen and oxygen atoms in total. The van der Waals surface area contributed by atoms with Crippen LogP contribution in [-0.4, -0.2) is 4.57 Å². The summed E-state index contributed by atoms with van der Waals surface area (Å²) < 4.78 is 2.34. The lowest BCUT2D eigenvalue weighted by molar-refractivity contribution is 0.626. The van der Waals surface area contributed by atoms with Gasteiger partial charge in [-0.1, -0.05) is 97.1 Å². The highest BCUT2D eigenvalue weighted by atomic mass is 15.0. The molecule has 0 fully saturated rings. The molecule has 1 unspecified atom stereocenters. The summed E-state index contributed by atoms with van der Waals surface area (Å²) in [4.78, 5) is 0. The lowest BCUT2D eigenvalue weighted by Crippen LogP contribution is -2.05. The van der Waals surface area contributed by atoms with Crippen LogP contribution in [-0.2, 0) is 0 Å². The molecule has 1 aliphatic rings. The third-order valence-corrected chi connectivity index (χ3v) is 10.3. The second-order valence-electron chi connectivity index (χ2n) is 13.3. The second kappa shape index (κ2) is 12.6. The molecule has 7 aromatic carbocycles. The average molecular weight is 642 g/mol. The van der Waals surface area contributed by atoms with Gasteiger partial charge in [-0.2, -0.15) is 5.26 Å². The van der Waals surface area contributed by atoms with Gasteiger partial charge in [0.2, 0.25) is 0 Å². The third kappa shape index (κ3) is 5.42. The third-order valence-electron chi connectivity index (χ3n) is 10.3. The van der Waals surface area contributed by atoms with Crippen molar-refractivity contribution in [3.05, 3.63) is 180 Å². The van der Waals surface area contributed by atoms with Gasteiger partial charge in [-0.15, -0.1) is 0 Å². The van der Waals surface area contributed by atoms with Crippen molar-refractivity contribution < 1.29 is 0 Å². The van der Waals surface area contributed by atoms with Gasteiger partial charge in [-0.3, -0.25) is 0 Å². The summed E-state index contributed by atoms with van der Waals surface area (Å²) in [5, 5.41) is 18.2. The van der Waals surface area contributed by atoms with Gasteiger partial charge in [0.25, 0.3) is 0 Å². The minimum Gasteiger partial charge on any atom is -0.355 e. The Labute approximate surface area is 292 Å². The number of nitrogens with one attached hydrogen (secondary N) is 1. The first-order valence-corrected chi connectivity index (χ1v) is 17.4. The lowest BCUT2D eigenvalue weighted by atomic mass is 9.81. The predicted octanol–water partition coefficient (Wildman–Crippen LogP) is 12.6. The van der Waals surface area contributed by atoms with Gasteiger partial charge in [0.05, 0.1) is 22.7 Å². The SMILES string of the molecule is N#Cc1ccc2c(c1)c1cc(C3=CCC(c4ccc(Nc5ccccc5)c(-c5ccccc5)c4)CC3)ccc1n2-c1ccc2ccccc2c1. The average Bonchev–Trinajstić information content (AvgIpc) is 3.51. The molecule has 9 rings (SSSR count). The molecule has 1 N–H and O–H groups in total. The van der Waals surface area contributed by atoms with Crippen molar-refractivity contribution in [2.45, 2.75) is 25.2 Å². The van der Waals surface area contributed by atoms with E-state index in [1.165, 1.54) is 44.0 Å². The summed E-state index contributed by atoms with van der Waals surface area (Å²) in [7, 11) is 0. The minimum atomic E-state index is 0.462. The van der Waals surface area contributed by atoms with Crippen LogP contribution in [0.3, 0.4) is 0 Å². The minimum absolute atomic E-state index is 0.462. The van der Waals surface area contributed by atoms with Crippen molar-refractivity contribution in [3.8, 4) is 22.9 Å². The quantitative estimate of drug-likeness (QED) is 0.196. The Kier molecular flexibility index (Phi) is 7.48. The van der Waals surface area contributed by atoms with Crippen LogP contribution in [0.5, 0.6) is 0 Å². The number of fused-ring (bicyclic) bond motifs is 4. The van der Waals surface area contributed by atoms with Crippen molar-refractivity contribution in [3.63, 3.8) is 0 Å². The molecule has 1 heterocycles. The highest BCUT2D eigenvalue weighted by Gasteiger charge is 2.21. The molecular formula is C47H35N3. The van der Waals surface area contributed by atoms with Crippen LogP contribution in [0, 0.1) is 11.3 Å². The lowest BCUT2D eigenvalue weighted by Gasteiger charge is -2.24. The second-order valence-corrected chi connectivity index (χ2v) is 13.3. The fourth-order valence-electron chi connectivity index (χ4n) is 7.74. The molecule has 0 saturated heterocycles. The van der Waals surface area contributed by atoms with Crippen molar-refractivity contribution in [1.82, 2.24) is 4.57 Å². The molecule has 0 amide bonds. The molecule has 3 heteroatoms. The highest BCUT2D eigenvalue weighted by Crippen LogP contribution is 2.41. The Morgan fingerprint density at radius 2 is 1.36 bits per heavy atom. The Morgan fingerprint density at radius 3 is 2.14 bits per heavy atom. The van der Waals surface area contributed by atoms with Gasteiger partial charge < -0.3 is 9.88 Å². The molecule has 238 valence electrons. The van der Waals surface area contributed by atoms with E-state index in [1.54, 1.807) is 0 Å². The fourth-order valence-corrected chi connectivity index (χ4v) is 7.74. The first-order chi connectivity index (χ1) is 24.7. The van der Waals surface area contributed by atoms with Crippen molar-refractivity contribution in [2.75, 3.05) is 5.32 Å². The molecular weight excluding hydrogens is 607 g/mol. The van der Waals surface area contributed by atoms with Gasteiger partial charge in [-0.25, -0.2) is 0 Å². The molecule has 0 saturated carbocycles. The van der Waals surface area contributed by atoms with Gasteiger partial charge in [0.15, 0.2) is 0 Å². The van der Waals surface area contributed by atoms with E-state index < -0.39 is 0 Å². The Bertz CT molecular complexity index is 2600. The summed E-state index contributed by atoms with van der Waals surface area (Å²) >= 11 is 0. The van der Waals surface area contributed by atoms with E-state index in [0.717, 1.165) is 52.7 Å². The summed E-state index contributed by atoms with van der Waals surface area (Å²) in [5.74, 6) is 0.462. The number of nitriles is 1. The number of benzene rings is 7. The monoisotopic (exact) mass is 641 g/mol. The van der Waals surface area contributed by atoms with E-state index in [-0.39, 0.29) is 0 Å². The van der Waals surface area contributed by atoms with Gasteiger partial charge in [0, 0.05) is 33.4 Å². The largest absolute Gasteiger partial charge is 0.355 e. The van der Waals surface area contributed by atoms with E-state index in [2.05, 4.69) is 162 Å². The van der Waals surface area contributed by atoms with Crippen LogP contribution in [0.2, 0.25) is 0 Å².